The highest BCUT2D eigenvalue weighted by Gasteiger charge is 2.33. The van der Waals surface area contributed by atoms with Crippen molar-refractivity contribution in [2.45, 2.75) is 38.6 Å². The zero-order valence-electron chi connectivity index (χ0n) is 14.3. The van der Waals surface area contributed by atoms with Gasteiger partial charge < -0.3 is 20.1 Å². The normalized spacial score (nSPS) is 13.7. The molecule has 0 spiro atoms. The molecule has 5 nitrogen and oxygen atoms in total. The summed E-state index contributed by atoms with van der Waals surface area (Å²) >= 11 is 0. The van der Waals surface area contributed by atoms with Crippen molar-refractivity contribution in [2.75, 3.05) is 13.2 Å². The van der Waals surface area contributed by atoms with Crippen molar-refractivity contribution < 1.29 is 23.0 Å². The Balaban J connectivity index is 2.07. The first-order chi connectivity index (χ1) is 11.6. The van der Waals surface area contributed by atoms with E-state index in [1.54, 1.807) is 24.3 Å². The summed E-state index contributed by atoms with van der Waals surface area (Å²) in [6, 6.07) is 6.60. The maximum atomic E-state index is 12.7. The molecule has 1 aromatic carbocycles. The minimum absolute atomic E-state index is 0.00687. The van der Waals surface area contributed by atoms with Gasteiger partial charge in [-0.2, -0.15) is 13.2 Å². The Bertz CT molecular complexity index is 693. The fraction of sp³-hybridized carbons (Fsp3) is 0.471. The van der Waals surface area contributed by atoms with Crippen molar-refractivity contribution in [2.24, 2.45) is 0 Å². The second-order valence-corrected chi connectivity index (χ2v) is 6.74. The first-order valence-corrected chi connectivity index (χ1v) is 7.84. The molecule has 2 rings (SSSR count). The highest BCUT2D eigenvalue weighted by atomic mass is 19.4. The molecule has 0 fully saturated rings. The molecule has 138 valence electrons. The van der Waals surface area contributed by atoms with E-state index in [-0.39, 0.29) is 18.0 Å². The van der Waals surface area contributed by atoms with Gasteiger partial charge in [0.15, 0.2) is 0 Å². The molecule has 0 unspecified atom stereocenters. The topological polar surface area (TPSA) is 70.2 Å². The summed E-state index contributed by atoms with van der Waals surface area (Å²) in [4.78, 5) is 6.03. The van der Waals surface area contributed by atoms with E-state index in [0.29, 0.717) is 17.9 Å². The highest BCUT2D eigenvalue weighted by molar-refractivity contribution is 5.64. The van der Waals surface area contributed by atoms with Crippen LogP contribution in [0.2, 0.25) is 0 Å². The molecule has 0 saturated heterocycles. The number of H-pyrrole nitrogens is 1. The zero-order chi connectivity index (χ0) is 18.7. The lowest BCUT2D eigenvalue weighted by Gasteiger charge is -2.23. The van der Waals surface area contributed by atoms with Gasteiger partial charge in [0, 0.05) is 12.1 Å². The standard InChI is InChI=1S/C17H22F3N3O2/c1-16(2,3)22-8-11(24)10-25-13-7-5-4-6-12(13)15-21-9-14(23-15)17(18,19)20/h4-7,9,11,22,24H,8,10H2,1-3H3,(H,21,23)/t11-/m0/s1. The number of ether oxygens (including phenoxy) is 1. The monoisotopic (exact) mass is 357 g/mol. The van der Waals surface area contributed by atoms with E-state index in [1.807, 2.05) is 20.8 Å². The quantitative estimate of drug-likeness (QED) is 0.742. The maximum absolute atomic E-state index is 12.7. The number of alkyl halides is 3. The molecule has 0 radical (unpaired) electrons. The average Bonchev–Trinajstić information content (AvgIpc) is 3.00. The molecule has 8 heteroatoms. The van der Waals surface area contributed by atoms with Crippen molar-refractivity contribution in [3.05, 3.63) is 36.2 Å². The van der Waals surface area contributed by atoms with E-state index in [1.165, 1.54) is 0 Å². The Kier molecular flexibility index (Phi) is 5.74. The lowest BCUT2D eigenvalue weighted by molar-refractivity contribution is -0.140. The number of aromatic amines is 1. The largest absolute Gasteiger partial charge is 0.490 e. The van der Waals surface area contributed by atoms with Gasteiger partial charge in [0.05, 0.1) is 11.8 Å². The van der Waals surface area contributed by atoms with Gasteiger partial charge in [-0.05, 0) is 32.9 Å². The average molecular weight is 357 g/mol. The zero-order valence-corrected chi connectivity index (χ0v) is 14.3. The second kappa shape index (κ2) is 7.45. The number of nitrogens with zero attached hydrogens (tertiary/aromatic N) is 1. The molecule has 0 saturated carbocycles. The van der Waals surface area contributed by atoms with Crippen LogP contribution in [0.25, 0.3) is 11.4 Å². The molecule has 1 heterocycles. The first-order valence-electron chi connectivity index (χ1n) is 7.84. The second-order valence-electron chi connectivity index (χ2n) is 6.74. The van der Waals surface area contributed by atoms with Crippen LogP contribution in [0, 0.1) is 0 Å². The molecule has 0 amide bonds. The van der Waals surface area contributed by atoms with E-state index in [4.69, 9.17) is 4.74 Å². The van der Waals surface area contributed by atoms with Crippen molar-refractivity contribution in [3.63, 3.8) is 0 Å². The summed E-state index contributed by atoms with van der Waals surface area (Å²) in [7, 11) is 0. The van der Waals surface area contributed by atoms with Gasteiger partial charge in [0.25, 0.3) is 0 Å². The number of halogens is 3. The summed E-state index contributed by atoms with van der Waals surface area (Å²) in [5.74, 6) is 0.408. The lowest BCUT2D eigenvalue weighted by Crippen LogP contribution is -2.42. The van der Waals surface area contributed by atoms with Gasteiger partial charge in [-0.25, -0.2) is 4.98 Å². The molecule has 1 atom stereocenters. The van der Waals surface area contributed by atoms with Gasteiger partial charge in [0.2, 0.25) is 0 Å². The third kappa shape index (κ3) is 5.75. The number of aliphatic hydroxyl groups excluding tert-OH is 1. The lowest BCUT2D eigenvalue weighted by atomic mass is 10.1. The van der Waals surface area contributed by atoms with Crippen LogP contribution in [0.4, 0.5) is 13.2 Å². The summed E-state index contributed by atoms with van der Waals surface area (Å²) in [6.45, 7) is 6.28. The molecule has 0 bridgehead atoms. The molecule has 25 heavy (non-hydrogen) atoms. The SMILES string of the molecule is CC(C)(C)NC[C@H](O)COc1ccccc1-c1ncc(C(F)(F)F)[nH]1. The predicted molar refractivity (Wildman–Crippen MR) is 88.3 cm³/mol. The third-order valence-corrected chi connectivity index (χ3v) is 3.32. The van der Waals surface area contributed by atoms with Crippen LogP contribution >= 0.6 is 0 Å². The molecular weight excluding hydrogens is 335 g/mol. The number of rotatable bonds is 6. The fourth-order valence-electron chi connectivity index (χ4n) is 2.06. The Morgan fingerprint density at radius 1 is 1.24 bits per heavy atom. The predicted octanol–water partition coefficient (Wildman–Crippen LogP) is 3.22. The number of benzene rings is 1. The minimum Gasteiger partial charge on any atom is -0.490 e. The van der Waals surface area contributed by atoms with Crippen LogP contribution in [0.3, 0.4) is 0 Å². The Labute approximate surface area is 144 Å². The number of hydrogen-bond acceptors (Lipinski definition) is 4. The van der Waals surface area contributed by atoms with Crippen LogP contribution in [-0.4, -0.2) is 39.9 Å². The molecular formula is C17H22F3N3O2. The van der Waals surface area contributed by atoms with Crippen molar-refractivity contribution in [1.82, 2.24) is 15.3 Å². The van der Waals surface area contributed by atoms with Crippen molar-refractivity contribution in [3.8, 4) is 17.1 Å². The summed E-state index contributed by atoms with van der Waals surface area (Å²) in [6.07, 6.45) is -4.50. The number of para-hydroxylation sites is 1. The van der Waals surface area contributed by atoms with E-state index in [2.05, 4.69) is 15.3 Å². The summed E-state index contributed by atoms with van der Waals surface area (Å²) in [5.41, 5.74) is -0.665. The molecule has 2 aromatic rings. The van der Waals surface area contributed by atoms with E-state index in [9.17, 15) is 18.3 Å². The van der Waals surface area contributed by atoms with Gasteiger partial charge in [0.1, 0.15) is 30.0 Å². The van der Waals surface area contributed by atoms with Gasteiger partial charge in [-0.3, -0.25) is 0 Å². The molecule has 0 aliphatic carbocycles. The summed E-state index contributed by atoms with van der Waals surface area (Å²) in [5, 5.41) is 13.1. The van der Waals surface area contributed by atoms with Crippen LogP contribution in [0.1, 0.15) is 26.5 Å². The molecule has 3 N–H and O–H groups in total. The third-order valence-electron chi connectivity index (χ3n) is 3.32. The van der Waals surface area contributed by atoms with E-state index < -0.39 is 18.0 Å². The van der Waals surface area contributed by atoms with E-state index in [0.717, 1.165) is 6.20 Å². The molecule has 1 aromatic heterocycles. The van der Waals surface area contributed by atoms with Crippen LogP contribution < -0.4 is 10.1 Å². The molecule has 0 aliphatic heterocycles. The number of β-amino-alcohol motifs (C(OH)–C–C–N with tert-alkyl or cyclic N) is 1. The number of aliphatic hydroxyl groups is 1. The highest BCUT2D eigenvalue weighted by Crippen LogP contribution is 2.32. The summed E-state index contributed by atoms with van der Waals surface area (Å²) < 4.78 is 43.7. The number of hydrogen-bond donors (Lipinski definition) is 3. The van der Waals surface area contributed by atoms with Crippen LogP contribution in [-0.2, 0) is 6.18 Å². The van der Waals surface area contributed by atoms with E-state index >= 15 is 0 Å². The first kappa shape index (κ1) is 19.3. The van der Waals surface area contributed by atoms with Crippen molar-refractivity contribution in [1.29, 1.82) is 0 Å². The Hall–Kier alpha value is -2.06. The minimum atomic E-state index is -4.49. The van der Waals surface area contributed by atoms with Gasteiger partial charge in [-0.15, -0.1) is 0 Å². The smallest absolute Gasteiger partial charge is 0.432 e. The Morgan fingerprint density at radius 3 is 2.52 bits per heavy atom. The van der Waals surface area contributed by atoms with Crippen molar-refractivity contribution >= 4 is 0 Å². The fourth-order valence-corrected chi connectivity index (χ4v) is 2.06. The number of nitrogens with one attached hydrogen (secondary N) is 2. The van der Waals surface area contributed by atoms with Gasteiger partial charge in [-0.1, -0.05) is 12.1 Å². The number of imidazole rings is 1. The van der Waals surface area contributed by atoms with Crippen LogP contribution in [0.5, 0.6) is 5.75 Å². The number of aromatic nitrogens is 2. The maximum Gasteiger partial charge on any atom is 0.432 e. The Morgan fingerprint density at radius 2 is 1.92 bits per heavy atom. The molecule has 0 aliphatic rings. The van der Waals surface area contributed by atoms with Gasteiger partial charge >= 0.3 is 6.18 Å². The van der Waals surface area contributed by atoms with Crippen LogP contribution in [0.15, 0.2) is 30.5 Å².